The molecule has 1 aliphatic heterocycles. The van der Waals surface area contributed by atoms with E-state index in [1.165, 1.54) is 5.56 Å². The number of hydrogen-bond acceptors (Lipinski definition) is 5. The van der Waals surface area contributed by atoms with Gasteiger partial charge < -0.3 is 21.2 Å². The second-order valence-electron chi connectivity index (χ2n) is 7.44. The van der Waals surface area contributed by atoms with Gasteiger partial charge in [-0.1, -0.05) is 26.0 Å². The summed E-state index contributed by atoms with van der Waals surface area (Å²) in [5.41, 5.74) is 16.4. The normalized spacial score (nSPS) is 21.9. The summed E-state index contributed by atoms with van der Waals surface area (Å²) in [6.45, 7) is 4.30. The average Bonchev–Trinajstić information content (AvgIpc) is 3.17. The Kier molecular flexibility index (Phi) is 4.53. The minimum absolute atomic E-state index is 0.381. The lowest BCUT2D eigenvalue weighted by Crippen LogP contribution is -2.52. The molecule has 2 atom stereocenters. The van der Waals surface area contributed by atoms with Crippen molar-refractivity contribution in [3.05, 3.63) is 65.4 Å². The third kappa shape index (κ3) is 3.00. The van der Waals surface area contributed by atoms with Gasteiger partial charge in [0.1, 0.15) is 11.9 Å². The Balaban J connectivity index is 1.84. The largest absolute Gasteiger partial charge is 0.496 e. The molecule has 0 saturated carbocycles. The van der Waals surface area contributed by atoms with E-state index in [2.05, 4.69) is 36.0 Å². The summed E-state index contributed by atoms with van der Waals surface area (Å²) in [6, 6.07) is 14.0. The van der Waals surface area contributed by atoms with Crippen LogP contribution in [0.1, 0.15) is 36.5 Å². The molecule has 144 valence electrons. The van der Waals surface area contributed by atoms with Crippen LogP contribution in [0.3, 0.4) is 0 Å². The van der Waals surface area contributed by atoms with Crippen LogP contribution in [0, 0.1) is 0 Å². The molecule has 2 unspecified atom stereocenters. The molecule has 0 spiro atoms. The molecule has 28 heavy (non-hydrogen) atoms. The smallest absolute Gasteiger partial charge is 0.170 e. The van der Waals surface area contributed by atoms with Gasteiger partial charge >= 0.3 is 0 Å². The van der Waals surface area contributed by atoms with Crippen molar-refractivity contribution in [1.29, 1.82) is 0 Å². The molecule has 6 heteroatoms. The Bertz CT molecular complexity index is 1080. The van der Waals surface area contributed by atoms with E-state index in [1.807, 2.05) is 36.5 Å². The third-order valence-electron chi connectivity index (χ3n) is 5.30. The maximum atomic E-state index is 6.72. The van der Waals surface area contributed by atoms with E-state index in [1.54, 1.807) is 13.3 Å². The van der Waals surface area contributed by atoms with E-state index in [0.717, 1.165) is 27.8 Å². The summed E-state index contributed by atoms with van der Waals surface area (Å²) in [5, 5.41) is 1.06. The lowest BCUT2D eigenvalue weighted by atomic mass is 9.93. The lowest BCUT2D eigenvalue weighted by Gasteiger charge is -2.33. The lowest BCUT2D eigenvalue weighted by molar-refractivity contribution is 0.376. The van der Waals surface area contributed by atoms with Gasteiger partial charge in [0.2, 0.25) is 0 Å². The van der Waals surface area contributed by atoms with Crippen molar-refractivity contribution >= 4 is 22.8 Å². The molecule has 0 saturated heterocycles. The van der Waals surface area contributed by atoms with Gasteiger partial charge in [0.15, 0.2) is 5.66 Å². The molecule has 2 heterocycles. The van der Waals surface area contributed by atoms with Gasteiger partial charge in [0.25, 0.3) is 0 Å². The molecule has 3 aromatic rings. The first-order valence-electron chi connectivity index (χ1n) is 9.36. The molecule has 4 rings (SSSR count). The fourth-order valence-corrected chi connectivity index (χ4v) is 3.51. The number of aromatic amines is 1. The van der Waals surface area contributed by atoms with Gasteiger partial charge in [0.05, 0.1) is 12.8 Å². The highest BCUT2D eigenvalue weighted by atomic mass is 16.5. The molecular formula is C22H25N5O. The number of ether oxygens (including phenoxy) is 1. The quantitative estimate of drug-likeness (QED) is 0.652. The molecular weight excluding hydrogens is 350 g/mol. The summed E-state index contributed by atoms with van der Waals surface area (Å²) < 4.78 is 5.56. The van der Waals surface area contributed by atoms with Crippen molar-refractivity contribution in [1.82, 2.24) is 4.98 Å². The van der Waals surface area contributed by atoms with Crippen LogP contribution in [0.15, 0.2) is 58.6 Å². The molecule has 0 amide bonds. The van der Waals surface area contributed by atoms with Gasteiger partial charge in [0, 0.05) is 23.5 Å². The van der Waals surface area contributed by atoms with Gasteiger partial charge in [-0.2, -0.15) is 0 Å². The number of aliphatic imine (C=N–C) groups is 2. The van der Waals surface area contributed by atoms with E-state index in [9.17, 15) is 0 Å². The summed E-state index contributed by atoms with van der Waals surface area (Å²) in [6.07, 6.45) is 2.91. The number of nitrogens with zero attached hydrogens (tertiary/aromatic N) is 2. The Labute approximate surface area is 164 Å². The SMILES string of the molecule is COc1ccc(C(C)C)cc1C1=NC(N)(c2ccc3[nH]ccc3c2)C(N)N=C1. The Hall–Kier alpha value is -2.96. The first kappa shape index (κ1) is 18.4. The van der Waals surface area contributed by atoms with Gasteiger partial charge in [-0.15, -0.1) is 0 Å². The zero-order chi connectivity index (χ0) is 19.9. The van der Waals surface area contributed by atoms with Crippen molar-refractivity contribution in [3.8, 4) is 5.75 Å². The predicted molar refractivity (Wildman–Crippen MR) is 114 cm³/mol. The summed E-state index contributed by atoms with van der Waals surface area (Å²) in [7, 11) is 1.65. The maximum Gasteiger partial charge on any atom is 0.170 e. The summed E-state index contributed by atoms with van der Waals surface area (Å²) in [4.78, 5) is 12.5. The van der Waals surface area contributed by atoms with Crippen LogP contribution in [0.2, 0.25) is 0 Å². The van der Waals surface area contributed by atoms with Crippen molar-refractivity contribution in [2.45, 2.75) is 31.6 Å². The summed E-state index contributed by atoms with van der Waals surface area (Å²) >= 11 is 0. The first-order valence-corrected chi connectivity index (χ1v) is 9.36. The number of fused-ring (bicyclic) bond motifs is 1. The van der Waals surface area contributed by atoms with Gasteiger partial charge in [-0.25, -0.2) is 0 Å². The molecule has 0 fully saturated rings. The van der Waals surface area contributed by atoms with Crippen molar-refractivity contribution in [2.75, 3.05) is 7.11 Å². The topological polar surface area (TPSA) is 102 Å². The van der Waals surface area contributed by atoms with Crippen LogP contribution >= 0.6 is 0 Å². The highest BCUT2D eigenvalue weighted by Crippen LogP contribution is 2.32. The van der Waals surface area contributed by atoms with E-state index >= 15 is 0 Å². The van der Waals surface area contributed by atoms with Crippen LogP contribution in [-0.2, 0) is 5.66 Å². The average molecular weight is 375 g/mol. The maximum absolute atomic E-state index is 6.72. The monoisotopic (exact) mass is 375 g/mol. The van der Waals surface area contributed by atoms with E-state index < -0.39 is 11.8 Å². The van der Waals surface area contributed by atoms with Crippen molar-refractivity contribution < 1.29 is 4.74 Å². The van der Waals surface area contributed by atoms with Crippen molar-refractivity contribution in [3.63, 3.8) is 0 Å². The highest BCUT2D eigenvalue weighted by molar-refractivity contribution is 6.39. The molecule has 6 nitrogen and oxygen atoms in total. The third-order valence-corrected chi connectivity index (χ3v) is 5.30. The number of aromatic nitrogens is 1. The van der Waals surface area contributed by atoms with E-state index in [0.29, 0.717) is 11.6 Å². The Morgan fingerprint density at radius 3 is 2.71 bits per heavy atom. The van der Waals surface area contributed by atoms with Crippen molar-refractivity contribution in [2.24, 2.45) is 21.5 Å². The summed E-state index contributed by atoms with van der Waals surface area (Å²) in [5.74, 6) is 1.11. The number of rotatable bonds is 4. The zero-order valence-corrected chi connectivity index (χ0v) is 16.3. The predicted octanol–water partition coefficient (Wildman–Crippen LogP) is 3.27. The van der Waals surface area contributed by atoms with Crippen LogP contribution in [0.4, 0.5) is 0 Å². The Morgan fingerprint density at radius 1 is 1.14 bits per heavy atom. The number of nitrogens with two attached hydrogens (primary N) is 2. The van der Waals surface area contributed by atoms with Crippen LogP contribution in [0.25, 0.3) is 10.9 Å². The second-order valence-corrected chi connectivity index (χ2v) is 7.44. The molecule has 0 aliphatic carbocycles. The number of hydrogen-bond donors (Lipinski definition) is 3. The fourth-order valence-electron chi connectivity index (χ4n) is 3.51. The minimum atomic E-state index is -1.16. The molecule has 1 aliphatic rings. The molecule has 0 radical (unpaired) electrons. The molecule has 2 aromatic carbocycles. The molecule has 1 aromatic heterocycles. The minimum Gasteiger partial charge on any atom is -0.496 e. The number of nitrogens with one attached hydrogen (secondary N) is 1. The molecule has 0 bridgehead atoms. The van der Waals surface area contributed by atoms with E-state index in [4.69, 9.17) is 21.2 Å². The van der Waals surface area contributed by atoms with Crippen LogP contribution in [-0.4, -0.2) is 30.2 Å². The number of H-pyrrole nitrogens is 1. The number of benzene rings is 2. The molecule has 5 N–H and O–H groups in total. The second kappa shape index (κ2) is 6.89. The van der Waals surface area contributed by atoms with E-state index in [-0.39, 0.29) is 0 Å². The number of methoxy groups -OCH3 is 1. The zero-order valence-electron chi connectivity index (χ0n) is 16.3. The van der Waals surface area contributed by atoms with Gasteiger partial charge in [-0.05, 0) is 52.8 Å². The van der Waals surface area contributed by atoms with Crippen LogP contribution < -0.4 is 16.2 Å². The first-order chi connectivity index (χ1) is 13.4. The fraction of sp³-hybridized carbons (Fsp3) is 0.273. The van der Waals surface area contributed by atoms with Gasteiger partial charge in [-0.3, -0.25) is 9.98 Å². The van der Waals surface area contributed by atoms with Crippen LogP contribution in [0.5, 0.6) is 5.75 Å². The standard InChI is InChI=1S/C22H25N5O/c1-13(2)14-4-7-20(28-3)17(11-14)19-12-26-21(23)22(24,27-19)16-5-6-18-15(10-16)8-9-25-18/h4-13,21,25H,23-24H2,1-3H3. The highest BCUT2D eigenvalue weighted by Gasteiger charge is 2.37. The Morgan fingerprint density at radius 2 is 1.96 bits per heavy atom.